The summed E-state index contributed by atoms with van der Waals surface area (Å²) in [4.78, 5) is 39.9. The first-order chi connectivity index (χ1) is 16.9. The fraction of sp³-hybridized carbons (Fsp3) is 0.0833. The summed E-state index contributed by atoms with van der Waals surface area (Å²) < 4.78 is 11.5. The maximum Gasteiger partial charge on any atom is 0.315 e. The van der Waals surface area contributed by atoms with E-state index in [2.05, 4.69) is 10.1 Å². The summed E-state index contributed by atoms with van der Waals surface area (Å²) in [5.41, 5.74) is 5.63. The molecule has 2 N–H and O–H groups in total. The van der Waals surface area contributed by atoms with Crippen molar-refractivity contribution in [3.05, 3.63) is 92.8 Å². The summed E-state index contributed by atoms with van der Waals surface area (Å²) >= 11 is 0. The van der Waals surface area contributed by atoms with E-state index >= 15 is 0 Å². The molecule has 0 fully saturated rings. The van der Waals surface area contributed by atoms with Gasteiger partial charge in [0.15, 0.2) is 18.2 Å². The predicted molar refractivity (Wildman–Crippen MR) is 129 cm³/mol. The second kappa shape index (κ2) is 9.83. The second-order valence-corrected chi connectivity index (χ2v) is 7.26. The van der Waals surface area contributed by atoms with Crippen LogP contribution in [0.3, 0.4) is 0 Å². The Morgan fingerprint density at radius 2 is 1.89 bits per heavy atom. The highest BCUT2D eigenvalue weighted by Crippen LogP contribution is 2.38. The van der Waals surface area contributed by atoms with Gasteiger partial charge in [-0.1, -0.05) is 42.5 Å². The average Bonchev–Trinajstić information content (AvgIpc) is 2.87. The lowest BCUT2D eigenvalue weighted by atomic mass is 10.2. The number of primary amides is 1. The van der Waals surface area contributed by atoms with E-state index in [1.165, 1.54) is 25.5 Å². The molecular formula is C24H19N5O6. The van der Waals surface area contributed by atoms with Crippen LogP contribution < -0.4 is 20.8 Å². The highest BCUT2D eigenvalue weighted by atomic mass is 16.6. The first-order valence-electron chi connectivity index (χ1n) is 10.3. The Hall–Kier alpha value is -5.06. The van der Waals surface area contributed by atoms with Crippen LogP contribution in [0.25, 0.3) is 22.3 Å². The van der Waals surface area contributed by atoms with Crippen LogP contribution in [0, 0.1) is 10.1 Å². The topological polar surface area (TPSA) is 152 Å². The zero-order chi connectivity index (χ0) is 24.9. The lowest BCUT2D eigenvalue weighted by molar-refractivity contribution is -0.385. The van der Waals surface area contributed by atoms with Crippen molar-refractivity contribution in [3.8, 4) is 22.9 Å². The van der Waals surface area contributed by atoms with Crippen molar-refractivity contribution < 1.29 is 19.2 Å². The maximum absolute atomic E-state index is 13.3. The number of nitro groups is 1. The number of para-hydroxylation sites is 1. The molecule has 1 heterocycles. The Kier molecular flexibility index (Phi) is 6.49. The lowest BCUT2D eigenvalue weighted by Gasteiger charge is -2.11. The number of amides is 1. The van der Waals surface area contributed by atoms with Crippen LogP contribution >= 0.6 is 0 Å². The summed E-state index contributed by atoms with van der Waals surface area (Å²) in [6.45, 7) is -0.566. The number of carbonyl (C=O) groups excluding carboxylic acids is 1. The van der Waals surface area contributed by atoms with E-state index in [0.717, 1.165) is 4.68 Å². The number of hydrogen-bond donors (Lipinski definition) is 1. The SMILES string of the molecule is COc1cc(C=Nn2c(-c3ccccc3)nc3ccccc3c2=O)cc([N+](=O)[O-])c1OCC(N)=O. The van der Waals surface area contributed by atoms with Gasteiger partial charge in [-0.25, -0.2) is 4.98 Å². The van der Waals surface area contributed by atoms with Gasteiger partial charge in [-0.05, 0) is 18.2 Å². The third-order valence-electron chi connectivity index (χ3n) is 4.94. The molecule has 0 atom stereocenters. The van der Waals surface area contributed by atoms with E-state index in [-0.39, 0.29) is 17.1 Å². The molecule has 3 aromatic carbocycles. The number of nitro benzene ring substituents is 1. The number of carbonyl (C=O) groups is 1. The number of benzene rings is 3. The quantitative estimate of drug-likeness (QED) is 0.235. The number of hydrogen-bond acceptors (Lipinski definition) is 8. The molecule has 1 amide bonds. The van der Waals surface area contributed by atoms with Crippen LogP contribution in [-0.4, -0.2) is 40.4 Å². The summed E-state index contributed by atoms with van der Waals surface area (Å²) in [5, 5.41) is 16.3. The van der Waals surface area contributed by atoms with Crippen LogP contribution in [0.1, 0.15) is 5.56 Å². The fourth-order valence-electron chi connectivity index (χ4n) is 3.39. The molecular weight excluding hydrogens is 454 g/mol. The number of methoxy groups -OCH3 is 1. The molecule has 0 saturated heterocycles. The predicted octanol–water partition coefficient (Wildman–Crippen LogP) is 2.73. The van der Waals surface area contributed by atoms with E-state index < -0.39 is 28.7 Å². The monoisotopic (exact) mass is 473 g/mol. The third kappa shape index (κ3) is 4.83. The molecule has 0 unspecified atom stereocenters. The van der Waals surface area contributed by atoms with Crippen molar-refractivity contribution in [2.45, 2.75) is 0 Å². The van der Waals surface area contributed by atoms with Crippen molar-refractivity contribution in [2.75, 3.05) is 13.7 Å². The molecule has 4 rings (SSSR count). The molecule has 4 aromatic rings. The maximum atomic E-state index is 13.3. The Bertz CT molecular complexity index is 1510. The van der Waals surface area contributed by atoms with Crippen molar-refractivity contribution in [1.29, 1.82) is 0 Å². The van der Waals surface area contributed by atoms with Gasteiger partial charge in [-0.15, -0.1) is 0 Å². The molecule has 0 saturated carbocycles. The highest BCUT2D eigenvalue weighted by molar-refractivity contribution is 5.84. The zero-order valence-corrected chi connectivity index (χ0v) is 18.5. The highest BCUT2D eigenvalue weighted by Gasteiger charge is 2.23. The normalized spacial score (nSPS) is 11.0. The fourth-order valence-corrected chi connectivity index (χ4v) is 3.39. The molecule has 0 radical (unpaired) electrons. The van der Waals surface area contributed by atoms with Gasteiger partial charge in [0, 0.05) is 17.2 Å². The van der Waals surface area contributed by atoms with E-state index in [1.807, 2.05) is 18.2 Å². The molecule has 0 spiro atoms. The van der Waals surface area contributed by atoms with E-state index in [1.54, 1.807) is 36.4 Å². The number of nitrogens with zero attached hydrogens (tertiary/aromatic N) is 4. The number of aromatic nitrogens is 2. The van der Waals surface area contributed by atoms with Gasteiger partial charge < -0.3 is 15.2 Å². The number of fused-ring (bicyclic) bond motifs is 1. The van der Waals surface area contributed by atoms with Crippen LogP contribution in [0.5, 0.6) is 11.5 Å². The minimum absolute atomic E-state index is 0.00540. The summed E-state index contributed by atoms with van der Waals surface area (Å²) in [7, 11) is 1.29. The Morgan fingerprint density at radius 1 is 1.17 bits per heavy atom. The van der Waals surface area contributed by atoms with Gasteiger partial charge in [0.1, 0.15) is 0 Å². The minimum Gasteiger partial charge on any atom is -0.493 e. The number of rotatable bonds is 8. The van der Waals surface area contributed by atoms with Crippen LogP contribution in [0.2, 0.25) is 0 Å². The van der Waals surface area contributed by atoms with Crippen LogP contribution in [0.15, 0.2) is 76.6 Å². The Morgan fingerprint density at radius 3 is 2.57 bits per heavy atom. The van der Waals surface area contributed by atoms with Crippen LogP contribution in [-0.2, 0) is 4.79 Å². The zero-order valence-electron chi connectivity index (χ0n) is 18.5. The van der Waals surface area contributed by atoms with Crippen molar-refractivity contribution in [1.82, 2.24) is 9.66 Å². The molecule has 35 heavy (non-hydrogen) atoms. The average molecular weight is 473 g/mol. The van der Waals surface area contributed by atoms with E-state index in [4.69, 9.17) is 15.2 Å². The number of ether oxygens (including phenoxy) is 2. The first-order valence-corrected chi connectivity index (χ1v) is 10.3. The second-order valence-electron chi connectivity index (χ2n) is 7.26. The van der Waals surface area contributed by atoms with Gasteiger partial charge in [0.25, 0.3) is 11.5 Å². The molecule has 0 bridgehead atoms. The largest absolute Gasteiger partial charge is 0.493 e. The molecule has 0 aliphatic carbocycles. The van der Waals surface area contributed by atoms with Crippen molar-refractivity contribution in [2.24, 2.45) is 10.8 Å². The molecule has 1 aromatic heterocycles. The lowest BCUT2D eigenvalue weighted by Crippen LogP contribution is -2.21. The molecule has 0 aliphatic rings. The molecule has 11 heteroatoms. The molecule has 0 aliphatic heterocycles. The molecule has 11 nitrogen and oxygen atoms in total. The summed E-state index contributed by atoms with van der Waals surface area (Å²) in [6.07, 6.45) is 1.28. The van der Waals surface area contributed by atoms with Gasteiger partial charge in [-0.3, -0.25) is 19.7 Å². The van der Waals surface area contributed by atoms with Crippen molar-refractivity contribution >= 4 is 28.7 Å². The van der Waals surface area contributed by atoms with Gasteiger partial charge in [0.2, 0.25) is 5.75 Å². The van der Waals surface area contributed by atoms with Gasteiger partial charge in [0.05, 0.1) is 29.2 Å². The van der Waals surface area contributed by atoms with Gasteiger partial charge >= 0.3 is 5.69 Å². The van der Waals surface area contributed by atoms with E-state index in [0.29, 0.717) is 22.3 Å². The van der Waals surface area contributed by atoms with Gasteiger partial charge in [-0.2, -0.15) is 9.78 Å². The first kappa shape index (κ1) is 23.1. The summed E-state index contributed by atoms with van der Waals surface area (Å²) in [6, 6.07) is 18.5. The minimum atomic E-state index is -0.802. The van der Waals surface area contributed by atoms with Crippen molar-refractivity contribution in [3.63, 3.8) is 0 Å². The van der Waals surface area contributed by atoms with Crippen LogP contribution in [0.4, 0.5) is 5.69 Å². The Labute approximate surface area is 198 Å². The smallest absolute Gasteiger partial charge is 0.315 e. The number of nitrogens with two attached hydrogens (primary N) is 1. The Balaban J connectivity index is 1.86. The summed E-state index contributed by atoms with van der Waals surface area (Å²) in [5.74, 6) is -0.755. The third-order valence-corrected chi connectivity index (χ3v) is 4.94. The standard InChI is InChI=1S/C24H19N5O6/c1-34-20-12-15(11-19(29(32)33)22(20)35-14-21(25)30)13-26-28-23(16-7-3-2-4-8-16)27-18-10-6-5-9-17(18)24(28)31/h2-13H,14H2,1H3,(H2,25,30). The molecule has 176 valence electrons. The van der Waals surface area contributed by atoms with E-state index in [9.17, 15) is 19.7 Å².